The number of fused-ring (bicyclic) bond motifs is 1. The molecule has 0 bridgehead atoms. The first kappa shape index (κ1) is 16.6. The predicted molar refractivity (Wildman–Crippen MR) is 80.9 cm³/mol. The van der Waals surface area contributed by atoms with Crippen molar-refractivity contribution >= 4 is 11.2 Å². The lowest BCUT2D eigenvalue weighted by atomic mass is 9.97. The van der Waals surface area contributed by atoms with Crippen LogP contribution >= 0.6 is 0 Å². The SMILES string of the molecule is C#C[C@@]1(F)[C@H](O)[C@@H](CO)O[C@H]1n1cnc2c(OCC)nc(C)nc21. The van der Waals surface area contributed by atoms with Crippen LogP contribution in [0.15, 0.2) is 6.33 Å². The Morgan fingerprint density at radius 2 is 2.29 bits per heavy atom. The van der Waals surface area contributed by atoms with Gasteiger partial charge in [-0.3, -0.25) is 4.57 Å². The van der Waals surface area contributed by atoms with Crippen LogP contribution in [0, 0.1) is 19.3 Å². The molecule has 8 nitrogen and oxygen atoms in total. The van der Waals surface area contributed by atoms with E-state index in [1.54, 1.807) is 13.8 Å². The number of halogens is 1. The summed E-state index contributed by atoms with van der Waals surface area (Å²) in [6.07, 6.45) is 2.37. The Morgan fingerprint density at radius 1 is 1.54 bits per heavy atom. The number of hydrogen-bond donors (Lipinski definition) is 2. The minimum absolute atomic E-state index is 0.263. The van der Waals surface area contributed by atoms with E-state index in [2.05, 4.69) is 15.0 Å². The van der Waals surface area contributed by atoms with E-state index in [0.29, 0.717) is 17.9 Å². The summed E-state index contributed by atoms with van der Waals surface area (Å²) in [6.45, 7) is 3.26. The van der Waals surface area contributed by atoms with Gasteiger partial charge in [-0.2, -0.15) is 4.98 Å². The number of aliphatic hydroxyl groups is 2. The van der Waals surface area contributed by atoms with Crippen LogP contribution in [0.5, 0.6) is 5.88 Å². The molecule has 4 atom stereocenters. The summed E-state index contributed by atoms with van der Waals surface area (Å²) in [5.74, 6) is 2.60. The van der Waals surface area contributed by atoms with Gasteiger partial charge in [0.2, 0.25) is 11.5 Å². The number of aromatic nitrogens is 4. The van der Waals surface area contributed by atoms with E-state index in [4.69, 9.17) is 15.9 Å². The molecule has 2 N–H and O–H groups in total. The summed E-state index contributed by atoms with van der Waals surface area (Å²) in [6, 6.07) is 0. The molecule has 3 rings (SSSR count). The first-order valence-electron chi connectivity index (χ1n) is 7.41. The van der Waals surface area contributed by atoms with Crippen molar-refractivity contribution in [2.45, 2.75) is 38.0 Å². The Morgan fingerprint density at radius 3 is 2.92 bits per heavy atom. The number of nitrogens with zero attached hydrogens (tertiary/aromatic N) is 4. The molecule has 2 aromatic heterocycles. The molecule has 1 aliphatic heterocycles. The number of aliphatic hydroxyl groups excluding tert-OH is 2. The molecule has 1 aliphatic rings. The van der Waals surface area contributed by atoms with Crippen LogP contribution in [0.2, 0.25) is 0 Å². The van der Waals surface area contributed by atoms with Gasteiger partial charge in [0.25, 0.3) is 0 Å². The number of rotatable bonds is 4. The van der Waals surface area contributed by atoms with E-state index >= 15 is 4.39 Å². The number of aryl methyl sites for hydroxylation is 1. The molecule has 0 radical (unpaired) electrons. The van der Waals surface area contributed by atoms with Crippen molar-refractivity contribution in [3.63, 3.8) is 0 Å². The molecule has 0 amide bonds. The van der Waals surface area contributed by atoms with E-state index in [9.17, 15) is 10.2 Å². The maximum atomic E-state index is 15.1. The van der Waals surface area contributed by atoms with Gasteiger partial charge in [0.05, 0.1) is 19.5 Å². The molecule has 1 fully saturated rings. The average Bonchev–Trinajstić information content (AvgIpc) is 3.08. The topological polar surface area (TPSA) is 103 Å². The molecule has 1 saturated heterocycles. The van der Waals surface area contributed by atoms with Crippen LogP contribution in [-0.4, -0.2) is 60.8 Å². The molecule has 3 heterocycles. The summed E-state index contributed by atoms with van der Waals surface area (Å²) in [7, 11) is 0. The minimum Gasteiger partial charge on any atom is -0.476 e. The van der Waals surface area contributed by atoms with E-state index in [-0.39, 0.29) is 11.5 Å². The van der Waals surface area contributed by atoms with E-state index in [1.165, 1.54) is 10.9 Å². The second-order valence-corrected chi connectivity index (χ2v) is 5.40. The van der Waals surface area contributed by atoms with Crippen molar-refractivity contribution in [3.05, 3.63) is 12.2 Å². The van der Waals surface area contributed by atoms with Crippen LogP contribution in [0.4, 0.5) is 4.39 Å². The van der Waals surface area contributed by atoms with Crippen molar-refractivity contribution in [1.82, 2.24) is 19.5 Å². The number of hydrogen-bond acceptors (Lipinski definition) is 7. The second-order valence-electron chi connectivity index (χ2n) is 5.40. The standard InChI is InChI=1S/C15H17FN4O4/c1-4-15(16)11(22)9(6-21)24-14(15)20-7-17-10-12(20)18-8(3)19-13(10)23-5-2/h1,7,9,11,14,21-22H,5-6H2,2-3H3/t9-,11-,14-,15-/m1/s1. The van der Waals surface area contributed by atoms with E-state index in [0.717, 1.165) is 0 Å². The lowest BCUT2D eigenvalue weighted by Crippen LogP contribution is -2.42. The Balaban J connectivity index is 2.14. The van der Waals surface area contributed by atoms with Crippen LogP contribution in [0.25, 0.3) is 11.2 Å². The van der Waals surface area contributed by atoms with Crippen LogP contribution in [0.1, 0.15) is 19.0 Å². The highest BCUT2D eigenvalue weighted by Crippen LogP contribution is 2.42. The lowest BCUT2D eigenvalue weighted by Gasteiger charge is -2.23. The van der Waals surface area contributed by atoms with Crippen molar-refractivity contribution in [2.24, 2.45) is 0 Å². The van der Waals surface area contributed by atoms with Gasteiger partial charge < -0.3 is 19.7 Å². The monoisotopic (exact) mass is 336 g/mol. The predicted octanol–water partition coefficient (Wildman–Crippen LogP) is 0.126. The highest BCUT2D eigenvalue weighted by atomic mass is 19.1. The van der Waals surface area contributed by atoms with Gasteiger partial charge in [0.15, 0.2) is 17.4 Å². The van der Waals surface area contributed by atoms with Gasteiger partial charge >= 0.3 is 0 Å². The molecular weight excluding hydrogens is 319 g/mol. The highest BCUT2D eigenvalue weighted by molar-refractivity contribution is 5.76. The minimum atomic E-state index is -2.54. The normalized spacial score (nSPS) is 29.8. The maximum absolute atomic E-state index is 15.1. The fraction of sp³-hybridized carbons (Fsp3) is 0.533. The quantitative estimate of drug-likeness (QED) is 0.765. The zero-order chi connectivity index (χ0) is 17.5. The average molecular weight is 336 g/mol. The van der Waals surface area contributed by atoms with Crippen molar-refractivity contribution < 1.29 is 24.1 Å². The highest BCUT2D eigenvalue weighted by Gasteiger charge is 2.57. The van der Waals surface area contributed by atoms with Gasteiger partial charge in [-0.15, -0.1) is 6.42 Å². The first-order chi connectivity index (χ1) is 11.5. The van der Waals surface area contributed by atoms with Gasteiger partial charge in [-0.25, -0.2) is 14.4 Å². The Kier molecular flexibility index (Phi) is 4.13. The van der Waals surface area contributed by atoms with Crippen molar-refractivity contribution in [1.29, 1.82) is 0 Å². The molecule has 0 aliphatic carbocycles. The second kappa shape index (κ2) is 5.98. The van der Waals surface area contributed by atoms with Crippen molar-refractivity contribution in [2.75, 3.05) is 13.2 Å². The number of ether oxygens (including phenoxy) is 2. The number of alkyl halides is 1. The van der Waals surface area contributed by atoms with Gasteiger partial charge in [0, 0.05) is 0 Å². The summed E-state index contributed by atoms with van der Waals surface area (Å²) < 4.78 is 27.3. The van der Waals surface area contributed by atoms with Crippen LogP contribution < -0.4 is 4.74 Å². The van der Waals surface area contributed by atoms with E-state index in [1.807, 2.05) is 5.92 Å². The van der Waals surface area contributed by atoms with Crippen LogP contribution in [0.3, 0.4) is 0 Å². The summed E-state index contributed by atoms with van der Waals surface area (Å²) in [4.78, 5) is 12.6. The van der Waals surface area contributed by atoms with E-state index < -0.39 is 30.7 Å². The first-order valence-corrected chi connectivity index (χ1v) is 7.41. The molecule has 24 heavy (non-hydrogen) atoms. The molecule has 0 spiro atoms. The fourth-order valence-electron chi connectivity index (χ4n) is 2.73. The number of terminal acetylenes is 1. The van der Waals surface area contributed by atoms with Gasteiger partial charge in [0.1, 0.15) is 18.0 Å². The zero-order valence-electron chi connectivity index (χ0n) is 13.2. The summed E-state index contributed by atoms with van der Waals surface area (Å²) in [5.41, 5.74) is -1.95. The summed E-state index contributed by atoms with van der Waals surface area (Å²) >= 11 is 0. The Bertz CT molecular complexity index is 805. The maximum Gasteiger partial charge on any atom is 0.245 e. The molecule has 9 heteroatoms. The third-order valence-electron chi connectivity index (χ3n) is 3.88. The smallest absolute Gasteiger partial charge is 0.245 e. The zero-order valence-corrected chi connectivity index (χ0v) is 13.2. The molecule has 0 aromatic carbocycles. The van der Waals surface area contributed by atoms with Crippen molar-refractivity contribution in [3.8, 4) is 18.2 Å². The third-order valence-corrected chi connectivity index (χ3v) is 3.88. The molecule has 0 saturated carbocycles. The third kappa shape index (κ3) is 2.31. The largest absolute Gasteiger partial charge is 0.476 e. The molecule has 128 valence electrons. The Labute approximate surface area is 137 Å². The molecular formula is C15H17FN4O4. The molecule has 2 aromatic rings. The van der Waals surface area contributed by atoms with Gasteiger partial charge in [-0.05, 0) is 13.8 Å². The van der Waals surface area contributed by atoms with Crippen LogP contribution in [-0.2, 0) is 4.74 Å². The molecule has 0 unspecified atom stereocenters. The fourth-order valence-corrected chi connectivity index (χ4v) is 2.73. The Hall–Kier alpha value is -2.28. The lowest BCUT2D eigenvalue weighted by molar-refractivity contribution is -0.0504. The number of imidazole rings is 1. The summed E-state index contributed by atoms with van der Waals surface area (Å²) in [5, 5.41) is 19.3. The van der Waals surface area contributed by atoms with Gasteiger partial charge in [-0.1, -0.05) is 5.92 Å².